The van der Waals surface area contributed by atoms with Crippen molar-refractivity contribution in [2.24, 2.45) is 0 Å². The van der Waals surface area contributed by atoms with E-state index < -0.39 is 0 Å². The number of fused-ring (bicyclic) bond motifs is 1. The lowest BCUT2D eigenvalue weighted by Gasteiger charge is -2.19. The summed E-state index contributed by atoms with van der Waals surface area (Å²) in [6.07, 6.45) is 2.67. The summed E-state index contributed by atoms with van der Waals surface area (Å²) in [5.41, 5.74) is 0.582. The Balaban J connectivity index is 2.33. The van der Waals surface area contributed by atoms with Gasteiger partial charge >= 0.3 is 0 Å². The van der Waals surface area contributed by atoms with Gasteiger partial charge in [0.25, 0.3) is 0 Å². The first-order valence-electron chi connectivity index (χ1n) is 6.58. The number of hydrogen-bond donors (Lipinski definition) is 1. The molecule has 0 aliphatic rings. The van der Waals surface area contributed by atoms with E-state index in [2.05, 4.69) is 41.2 Å². The van der Waals surface area contributed by atoms with Crippen molar-refractivity contribution in [3.63, 3.8) is 0 Å². The van der Waals surface area contributed by atoms with E-state index in [1.54, 1.807) is 13.3 Å². The molecule has 110 valence electrons. The van der Waals surface area contributed by atoms with Crippen molar-refractivity contribution in [2.45, 2.75) is 32.7 Å². The van der Waals surface area contributed by atoms with Gasteiger partial charge in [0.1, 0.15) is 5.82 Å². The highest BCUT2D eigenvalue weighted by Gasteiger charge is 2.20. The minimum atomic E-state index is -0.160. The number of methoxy groups -OCH3 is 1. The van der Waals surface area contributed by atoms with Crippen LogP contribution >= 0.6 is 11.6 Å². The van der Waals surface area contributed by atoms with Gasteiger partial charge in [0.05, 0.1) is 17.1 Å². The van der Waals surface area contributed by atoms with Crippen LogP contribution in [0.15, 0.2) is 6.20 Å². The fourth-order valence-electron chi connectivity index (χ4n) is 1.93. The third-order valence-corrected chi connectivity index (χ3v) is 3.02. The van der Waals surface area contributed by atoms with Gasteiger partial charge in [0, 0.05) is 20.3 Å². The van der Waals surface area contributed by atoms with Crippen LogP contribution < -0.4 is 5.32 Å². The van der Waals surface area contributed by atoms with E-state index in [0.717, 1.165) is 24.0 Å². The molecule has 0 bridgehead atoms. The number of anilines is 1. The smallest absolute Gasteiger partial charge is 0.226 e. The lowest BCUT2D eigenvalue weighted by atomic mass is 10.1. The van der Waals surface area contributed by atoms with Gasteiger partial charge in [0.2, 0.25) is 5.28 Å². The van der Waals surface area contributed by atoms with Gasteiger partial charge in [-0.25, -0.2) is 4.68 Å². The first kappa shape index (κ1) is 15.0. The molecule has 0 unspecified atom stereocenters. The molecular weight excluding hydrogens is 278 g/mol. The van der Waals surface area contributed by atoms with E-state index >= 15 is 0 Å². The molecule has 7 heteroatoms. The number of rotatable bonds is 5. The van der Waals surface area contributed by atoms with Crippen LogP contribution in [0, 0.1) is 0 Å². The molecule has 2 aromatic heterocycles. The van der Waals surface area contributed by atoms with Crippen LogP contribution in [0.25, 0.3) is 11.0 Å². The second-order valence-corrected chi connectivity index (χ2v) is 5.92. The Morgan fingerprint density at radius 1 is 1.35 bits per heavy atom. The summed E-state index contributed by atoms with van der Waals surface area (Å²) in [5, 5.41) is 8.76. The van der Waals surface area contributed by atoms with E-state index in [-0.39, 0.29) is 10.8 Å². The average Bonchev–Trinajstić information content (AvgIpc) is 2.77. The number of ether oxygens (including phenoxy) is 1. The summed E-state index contributed by atoms with van der Waals surface area (Å²) < 4.78 is 6.88. The van der Waals surface area contributed by atoms with E-state index in [1.165, 1.54) is 0 Å². The van der Waals surface area contributed by atoms with Crippen molar-refractivity contribution in [1.82, 2.24) is 19.7 Å². The van der Waals surface area contributed by atoms with E-state index in [9.17, 15) is 0 Å². The van der Waals surface area contributed by atoms with Gasteiger partial charge in [-0.15, -0.1) is 0 Å². The van der Waals surface area contributed by atoms with Crippen molar-refractivity contribution in [1.29, 1.82) is 0 Å². The molecular formula is C13H20ClN5O. The Bertz CT molecular complexity index is 590. The molecule has 0 radical (unpaired) electrons. The zero-order chi connectivity index (χ0) is 14.8. The molecule has 0 aliphatic heterocycles. The molecule has 0 saturated carbocycles. The van der Waals surface area contributed by atoms with Crippen LogP contribution in [0.5, 0.6) is 0 Å². The normalized spacial score (nSPS) is 12.1. The van der Waals surface area contributed by atoms with Crippen molar-refractivity contribution < 1.29 is 4.74 Å². The molecule has 0 aromatic carbocycles. The molecule has 2 aromatic rings. The summed E-state index contributed by atoms with van der Waals surface area (Å²) in [6.45, 7) is 7.68. The monoisotopic (exact) mass is 297 g/mol. The van der Waals surface area contributed by atoms with E-state index in [0.29, 0.717) is 12.4 Å². The summed E-state index contributed by atoms with van der Waals surface area (Å²) in [7, 11) is 1.69. The molecule has 1 N–H and O–H groups in total. The van der Waals surface area contributed by atoms with Gasteiger partial charge in [-0.2, -0.15) is 15.1 Å². The Morgan fingerprint density at radius 2 is 2.10 bits per heavy atom. The zero-order valence-corrected chi connectivity index (χ0v) is 13.0. The average molecular weight is 298 g/mol. The SMILES string of the molecule is COCCCNc1nc(Cl)nc2c1cnn2C(C)(C)C. The van der Waals surface area contributed by atoms with Crippen LogP contribution in [-0.2, 0) is 10.3 Å². The maximum Gasteiger partial charge on any atom is 0.226 e. The fraction of sp³-hybridized carbons (Fsp3) is 0.615. The first-order chi connectivity index (χ1) is 9.43. The Labute approximate surface area is 123 Å². The third-order valence-electron chi connectivity index (χ3n) is 2.85. The van der Waals surface area contributed by atoms with Gasteiger partial charge < -0.3 is 10.1 Å². The number of nitrogens with one attached hydrogen (secondary N) is 1. The topological polar surface area (TPSA) is 64.9 Å². The minimum absolute atomic E-state index is 0.160. The summed E-state index contributed by atoms with van der Waals surface area (Å²) in [6, 6.07) is 0. The van der Waals surface area contributed by atoms with Gasteiger partial charge in [-0.1, -0.05) is 0 Å². The largest absolute Gasteiger partial charge is 0.385 e. The van der Waals surface area contributed by atoms with Crippen molar-refractivity contribution in [2.75, 3.05) is 25.6 Å². The molecule has 0 fully saturated rings. The molecule has 0 aliphatic carbocycles. The Kier molecular flexibility index (Phi) is 4.45. The Morgan fingerprint density at radius 3 is 2.75 bits per heavy atom. The highest BCUT2D eigenvalue weighted by Crippen LogP contribution is 2.26. The highest BCUT2D eigenvalue weighted by atomic mass is 35.5. The number of aromatic nitrogens is 4. The molecule has 2 heterocycles. The summed E-state index contributed by atoms with van der Waals surface area (Å²) in [4.78, 5) is 8.54. The second kappa shape index (κ2) is 5.93. The van der Waals surface area contributed by atoms with Crippen molar-refractivity contribution in [3.05, 3.63) is 11.5 Å². The van der Waals surface area contributed by atoms with Gasteiger partial charge in [0.15, 0.2) is 5.65 Å². The molecule has 0 spiro atoms. The fourth-order valence-corrected chi connectivity index (χ4v) is 2.10. The maximum atomic E-state index is 6.01. The summed E-state index contributed by atoms with van der Waals surface area (Å²) in [5.74, 6) is 0.714. The van der Waals surface area contributed by atoms with Crippen molar-refractivity contribution >= 4 is 28.5 Å². The van der Waals surface area contributed by atoms with Crippen LogP contribution in [0.4, 0.5) is 5.82 Å². The maximum absolute atomic E-state index is 6.01. The minimum Gasteiger partial charge on any atom is -0.385 e. The number of halogens is 1. The van der Waals surface area contributed by atoms with Gasteiger partial charge in [-0.05, 0) is 38.8 Å². The standard InChI is InChI=1S/C13H20ClN5O/c1-13(2,3)19-11-9(8-16-19)10(17-12(14)18-11)15-6-5-7-20-4/h8H,5-7H2,1-4H3,(H,15,17,18). The highest BCUT2D eigenvalue weighted by molar-refractivity contribution is 6.28. The zero-order valence-electron chi connectivity index (χ0n) is 12.3. The molecule has 0 amide bonds. The lowest BCUT2D eigenvalue weighted by molar-refractivity contribution is 0.198. The van der Waals surface area contributed by atoms with Crippen molar-refractivity contribution in [3.8, 4) is 0 Å². The molecule has 6 nitrogen and oxygen atoms in total. The van der Waals surface area contributed by atoms with E-state index in [1.807, 2.05) is 4.68 Å². The second-order valence-electron chi connectivity index (χ2n) is 5.58. The first-order valence-corrected chi connectivity index (χ1v) is 6.96. The Hall–Kier alpha value is -1.40. The predicted molar refractivity (Wildman–Crippen MR) is 80.3 cm³/mol. The number of nitrogens with zero attached hydrogens (tertiary/aromatic N) is 4. The molecule has 0 atom stereocenters. The molecule has 2 rings (SSSR count). The van der Waals surface area contributed by atoms with E-state index in [4.69, 9.17) is 16.3 Å². The van der Waals surface area contributed by atoms with Crippen LogP contribution in [0.3, 0.4) is 0 Å². The van der Waals surface area contributed by atoms with Gasteiger partial charge in [-0.3, -0.25) is 0 Å². The quantitative estimate of drug-likeness (QED) is 0.679. The molecule has 0 saturated heterocycles. The lowest BCUT2D eigenvalue weighted by Crippen LogP contribution is -2.23. The number of hydrogen-bond acceptors (Lipinski definition) is 5. The molecule has 20 heavy (non-hydrogen) atoms. The van der Waals surface area contributed by atoms with Crippen LogP contribution in [0.2, 0.25) is 5.28 Å². The van der Waals surface area contributed by atoms with Crippen LogP contribution in [0.1, 0.15) is 27.2 Å². The third kappa shape index (κ3) is 3.19. The summed E-state index contributed by atoms with van der Waals surface area (Å²) >= 11 is 6.01. The van der Waals surface area contributed by atoms with Crippen LogP contribution in [-0.4, -0.2) is 40.0 Å². The predicted octanol–water partition coefficient (Wildman–Crippen LogP) is 2.68.